The van der Waals surface area contributed by atoms with Crippen LogP contribution in [-0.2, 0) is 5.54 Å². The molecule has 128 valence electrons. The van der Waals surface area contributed by atoms with Gasteiger partial charge in [-0.05, 0) is 52.0 Å². The lowest BCUT2D eigenvalue weighted by Gasteiger charge is -2.33. The fourth-order valence-corrected chi connectivity index (χ4v) is 3.94. The van der Waals surface area contributed by atoms with Gasteiger partial charge in [-0.2, -0.15) is 4.98 Å². The van der Waals surface area contributed by atoms with E-state index >= 15 is 0 Å². The van der Waals surface area contributed by atoms with Gasteiger partial charge < -0.3 is 15.0 Å². The standard InChI is InChI=1S/C18H24N4O2/c1-18(2)8-7-15(24)14-9-11-10-19-17(21-16(11)22(14)18)20-12-3-5-13(23)6-4-12/h9-10,12-13,23H,3-8H2,1-2H3,(H,19,20,21). The van der Waals surface area contributed by atoms with E-state index in [0.29, 0.717) is 18.4 Å². The molecule has 2 N–H and O–H groups in total. The molecule has 6 nitrogen and oxygen atoms in total. The largest absolute Gasteiger partial charge is 0.393 e. The van der Waals surface area contributed by atoms with Gasteiger partial charge in [0.15, 0.2) is 5.78 Å². The number of Topliss-reactive ketones (excluding diaryl/α,β-unsaturated/α-hetero) is 1. The zero-order valence-corrected chi connectivity index (χ0v) is 14.2. The van der Waals surface area contributed by atoms with Crippen molar-refractivity contribution in [1.82, 2.24) is 14.5 Å². The fourth-order valence-electron chi connectivity index (χ4n) is 3.94. The monoisotopic (exact) mass is 328 g/mol. The molecule has 1 saturated carbocycles. The van der Waals surface area contributed by atoms with Crippen molar-refractivity contribution < 1.29 is 9.90 Å². The molecule has 2 aromatic rings. The van der Waals surface area contributed by atoms with Crippen molar-refractivity contribution >= 4 is 22.8 Å². The Kier molecular flexibility index (Phi) is 3.60. The number of carbonyl (C=O) groups is 1. The molecule has 1 aliphatic carbocycles. The maximum absolute atomic E-state index is 12.3. The lowest BCUT2D eigenvalue weighted by molar-refractivity contribution is 0.0917. The summed E-state index contributed by atoms with van der Waals surface area (Å²) >= 11 is 0. The van der Waals surface area contributed by atoms with Crippen LogP contribution in [0.1, 0.15) is 62.9 Å². The number of nitrogens with one attached hydrogen (secondary N) is 1. The summed E-state index contributed by atoms with van der Waals surface area (Å²) in [4.78, 5) is 21.4. The Bertz CT molecular complexity index is 788. The third-order valence-electron chi connectivity index (χ3n) is 5.43. The molecule has 0 radical (unpaired) electrons. The number of hydrogen-bond donors (Lipinski definition) is 2. The molecule has 24 heavy (non-hydrogen) atoms. The van der Waals surface area contributed by atoms with Crippen LogP contribution in [0.25, 0.3) is 11.0 Å². The normalized spacial score (nSPS) is 26.4. The molecule has 0 aromatic carbocycles. The Morgan fingerprint density at radius 1 is 1.29 bits per heavy atom. The van der Waals surface area contributed by atoms with Gasteiger partial charge in [0.1, 0.15) is 5.65 Å². The lowest BCUT2D eigenvalue weighted by Crippen LogP contribution is -2.34. The number of hydrogen-bond acceptors (Lipinski definition) is 5. The van der Waals surface area contributed by atoms with Crippen molar-refractivity contribution in [2.75, 3.05) is 5.32 Å². The number of aliphatic hydroxyl groups excluding tert-OH is 1. The van der Waals surface area contributed by atoms with Crippen LogP contribution in [-0.4, -0.2) is 37.6 Å². The van der Waals surface area contributed by atoms with E-state index in [2.05, 4.69) is 28.7 Å². The molecule has 6 heteroatoms. The van der Waals surface area contributed by atoms with Crippen LogP contribution >= 0.6 is 0 Å². The molecule has 0 atom stereocenters. The predicted octanol–water partition coefficient (Wildman–Crippen LogP) is 2.86. The molecule has 0 saturated heterocycles. The number of carbonyl (C=O) groups excluding carboxylic acids is 1. The van der Waals surface area contributed by atoms with Gasteiger partial charge in [-0.1, -0.05) is 0 Å². The Balaban J connectivity index is 1.69. The molecule has 0 spiro atoms. The second-order valence-electron chi connectivity index (χ2n) is 7.72. The van der Waals surface area contributed by atoms with Gasteiger partial charge in [-0.15, -0.1) is 0 Å². The minimum absolute atomic E-state index is 0.119. The number of ketones is 1. The van der Waals surface area contributed by atoms with Gasteiger partial charge in [0.2, 0.25) is 5.95 Å². The van der Waals surface area contributed by atoms with E-state index in [-0.39, 0.29) is 17.4 Å². The molecule has 2 aromatic heterocycles. The first-order chi connectivity index (χ1) is 11.4. The highest BCUT2D eigenvalue weighted by atomic mass is 16.3. The van der Waals surface area contributed by atoms with E-state index in [1.54, 1.807) is 6.20 Å². The van der Waals surface area contributed by atoms with E-state index in [9.17, 15) is 9.90 Å². The average molecular weight is 328 g/mol. The van der Waals surface area contributed by atoms with Crippen molar-refractivity contribution in [2.24, 2.45) is 0 Å². The van der Waals surface area contributed by atoms with E-state index < -0.39 is 0 Å². The van der Waals surface area contributed by atoms with E-state index in [1.807, 2.05) is 6.07 Å². The summed E-state index contributed by atoms with van der Waals surface area (Å²) in [6, 6.07) is 2.22. The number of fused-ring (bicyclic) bond motifs is 3. The molecule has 0 unspecified atom stereocenters. The third-order valence-corrected chi connectivity index (χ3v) is 5.43. The van der Waals surface area contributed by atoms with Crippen LogP contribution in [0, 0.1) is 0 Å². The van der Waals surface area contributed by atoms with Gasteiger partial charge in [0.25, 0.3) is 0 Å². The van der Waals surface area contributed by atoms with Gasteiger partial charge in [-0.25, -0.2) is 4.98 Å². The minimum atomic E-state index is -0.170. The fraction of sp³-hybridized carbons (Fsp3) is 0.611. The van der Waals surface area contributed by atoms with Crippen molar-refractivity contribution in [2.45, 2.75) is 70.1 Å². The van der Waals surface area contributed by atoms with Crippen LogP contribution in [0.5, 0.6) is 0 Å². The molecule has 0 amide bonds. The van der Waals surface area contributed by atoms with Crippen LogP contribution in [0.2, 0.25) is 0 Å². The Hall–Kier alpha value is -1.95. The summed E-state index contributed by atoms with van der Waals surface area (Å²) in [5, 5.41) is 13.9. The van der Waals surface area contributed by atoms with E-state index in [1.165, 1.54) is 0 Å². The highest BCUT2D eigenvalue weighted by molar-refractivity contribution is 6.00. The zero-order valence-electron chi connectivity index (χ0n) is 14.2. The number of aromatic nitrogens is 3. The van der Waals surface area contributed by atoms with Crippen molar-refractivity contribution in [3.8, 4) is 0 Å². The first-order valence-electron chi connectivity index (χ1n) is 8.81. The maximum Gasteiger partial charge on any atom is 0.224 e. The summed E-state index contributed by atoms with van der Waals surface area (Å²) in [5.74, 6) is 0.793. The topological polar surface area (TPSA) is 80.0 Å². The molecule has 1 aliphatic heterocycles. The SMILES string of the molecule is CC1(C)CCC(=O)c2cc3cnc(NC4CCC(O)CC4)nc3n21. The number of aliphatic hydroxyl groups is 1. The first-order valence-corrected chi connectivity index (χ1v) is 8.81. The zero-order chi connectivity index (χ0) is 16.9. The van der Waals surface area contributed by atoms with Crippen LogP contribution in [0.4, 0.5) is 5.95 Å². The van der Waals surface area contributed by atoms with Crippen molar-refractivity contribution in [1.29, 1.82) is 0 Å². The quantitative estimate of drug-likeness (QED) is 0.886. The molecular weight excluding hydrogens is 304 g/mol. The Morgan fingerprint density at radius 2 is 2.04 bits per heavy atom. The lowest BCUT2D eigenvalue weighted by atomic mass is 9.91. The molecular formula is C18H24N4O2. The number of rotatable bonds is 2. The highest BCUT2D eigenvalue weighted by Crippen LogP contribution is 2.35. The van der Waals surface area contributed by atoms with Gasteiger partial charge >= 0.3 is 0 Å². The van der Waals surface area contributed by atoms with Crippen LogP contribution in [0.15, 0.2) is 12.3 Å². The van der Waals surface area contributed by atoms with Crippen molar-refractivity contribution in [3.05, 3.63) is 18.0 Å². The minimum Gasteiger partial charge on any atom is -0.393 e. The average Bonchev–Trinajstić information content (AvgIpc) is 2.94. The second-order valence-corrected chi connectivity index (χ2v) is 7.72. The second kappa shape index (κ2) is 5.55. The van der Waals surface area contributed by atoms with Crippen molar-refractivity contribution in [3.63, 3.8) is 0 Å². The Labute approximate surface area is 141 Å². The molecule has 4 rings (SSSR count). The van der Waals surface area contributed by atoms with E-state index in [4.69, 9.17) is 4.98 Å². The molecule has 2 aliphatic rings. The van der Waals surface area contributed by atoms with Gasteiger partial charge in [0, 0.05) is 29.6 Å². The highest BCUT2D eigenvalue weighted by Gasteiger charge is 2.33. The predicted molar refractivity (Wildman–Crippen MR) is 92.3 cm³/mol. The van der Waals surface area contributed by atoms with Gasteiger partial charge in [-0.3, -0.25) is 4.79 Å². The molecule has 1 fully saturated rings. The number of nitrogens with zero attached hydrogens (tertiary/aromatic N) is 3. The summed E-state index contributed by atoms with van der Waals surface area (Å²) in [6.07, 6.45) is 6.55. The third kappa shape index (κ3) is 2.59. The van der Waals surface area contributed by atoms with Crippen LogP contribution < -0.4 is 5.32 Å². The van der Waals surface area contributed by atoms with Crippen LogP contribution in [0.3, 0.4) is 0 Å². The number of anilines is 1. The summed E-state index contributed by atoms with van der Waals surface area (Å²) in [5.41, 5.74) is 1.45. The smallest absolute Gasteiger partial charge is 0.224 e. The summed E-state index contributed by atoms with van der Waals surface area (Å²) in [6.45, 7) is 4.31. The molecule has 3 heterocycles. The van der Waals surface area contributed by atoms with Gasteiger partial charge in [0.05, 0.1) is 11.8 Å². The molecule has 0 bridgehead atoms. The summed E-state index contributed by atoms with van der Waals surface area (Å²) < 4.78 is 2.08. The Morgan fingerprint density at radius 3 is 2.79 bits per heavy atom. The maximum atomic E-state index is 12.3. The van der Waals surface area contributed by atoms with E-state index in [0.717, 1.165) is 48.8 Å². The first kappa shape index (κ1) is 15.6. The summed E-state index contributed by atoms with van der Waals surface area (Å²) in [7, 11) is 0.